The predicted octanol–water partition coefficient (Wildman–Crippen LogP) is 1.11. The Morgan fingerprint density at radius 1 is 0.600 bits per heavy atom. The molecule has 4 rings (SSSR count). The maximum atomic E-state index is 4.94. The first-order chi connectivity index (χ1) is 16.3. The SMILES string of the molecule is C1CCOC1.C1CCOC1.CCCC[N]([Zr+2][N](CCCC)c1ccccc1)c1ccccc1.[Cl-].[Cl-]. The topological polar surface area (TPSA) is 24.9 Å². The molecule has 0 unspecified atom stereocenters. The molecule has 35 heavy (non-hydrogen) atoms. The molecule has 0 bridgehead atoms. The Morgan fingerprint density at radius 2 is 0.943 bits per heavy atom. The summed E-state index contributed by atoms with van der Waals surface area (Å²) in [4.78, 5) is 0. The molecule has 0 saturated carbocycles. The Kier molecular flexibility index (Phi) is 23.4. The van der Waals surface area contributed by atoms with Crippen LogP contribution < -0.4 is 30.5 Å². The molecule has 0 radical (unpaired) electrons. The second-order valence-corrected chi connectivity index (χ2v) is 11.6. The van der Waals surface area contributed by atoms with E-state index in [2.05, 4.69) is 80.2 Å². The molecule has 2 fully saturated rings. The van der Waals surface area contributed by atoms with Gasteiger partial charge in [0.1, 0.15) is 0 Å². The monoisotopic (exact) mass is 600 g/mol. The van der Waals surface area contributed by atoms with Crippen molar-refractivity contribution in [2.75, 3.05) is 45.2 Å². The molecular formula is C28H44Cl2N2O2Zr. The van der Waals surface area contributed by atoms with Crippen molar-refractivity contribution in [2.24, 2.45) is 0 Å². The molecule has 0 atom stereocenters. The van der Waals surface area contributed by atoms with Crippen molar-refractivity contribution in [3.8, 4) is 0 Å². The number of rotatable bonds is 10. The van der Waals surface area contributed by atoms with Gasteiger partial charge in [-0.1, -0.05) is 0 Å². The van der Waals surface area contributed by atoms with Crippen LogP contribution in [0.15, 0.2) is 60.7 Å². The van der Waals surface area contributed by atoms with E-state index in [1.165, 1.54) is 75.8 Å². The summed E-state index contributed by atoms with van der Waals surface area (Å²) in [6.07, 6.45) is 10.2. The molecule has 2 aromatic carbocycles. The third-order valence-electron chi connectivity index (χ3n) is 5.50. The van der Waals surface area contributed by atoms with E-state index >= 15 is 0 Å². The van der Waals surface area contributed by atoms with Crippen LogP contribution in [-0.4, -0.2) is 39.5 Å². The van der Waals surface area contributed by atoms with Gasteiger partial charge in [0.05, 0.1) is 0 Å². The Hall–Kier alpha value is -0.577. The molecule has 196 valence electrons. The van der Waals surface area contributed by atoms with Crippen molar-refractivity contribution in [3.63, 3.8) is 0 Å². The van der Waals surface area contributed by atoms with E-state index < -0.39 is 23.8 Å². The van der Waals surface area contributed by atoms with Crippen LogP contribution in [-0.2, 0) is 33.3 Å². The first-order valence-electron chi connectivity index (χ1n) is 12.9. The average molecular weight is 603 g/mol. The van der Waals surface area contributed by atoms with Crippen LogP contribution in [0.4, 0.5) is 11.4 Å². The molecular weight excluding hydrogens is 558 g/mol. The second kappa shape index (κ2) is 23.8. The van der Waals surface area contributed by atoms with E-state index in [4.69, 9.17) is 9.47 Å². The summed E-state index contributed by atoms with van der Waals surface area (Å²) in [5, 5.41) is 0. The van der Waals surface area contributed by atoms with Crippen LogP contribution in [0.3, 0.4) is 0 Å². The number of anilines is 2. The Bertz CT molecular complexity index is 615. The summed E-state index contributed by atoms with van der Waals surface area (Å²) >= 11 is -0.864. The van der Waals surface area contributed by atoms with Crippen molar-refractivity contribution in [3.05, 3.63) is 60.7 Å². The van der Waals surface area contributed by atoms with Gasteiger partial charge in [-0.3, -0.25) is 0 Å². The van der Waals surface area contributed by atoms with E-state index in [9.17, 15) is 0 Å². The van der Waals surface area contributed by atoms with Crippen LogP contribution in [0.2, 0.25) is 0 Å². The Balaban J connectivity index is 0.000000793. The second-order valence-electron chi connectivity index (χ2n) is 8.42. The number of para-hydroxylation sites is 2. The fraction of sp³-hybridized carbons (Fsp3) is 0.571. The van der Waals surface area contributed by atoms with E-state index in [1.54, 1.807) is 0 Å². The zero-order valence-corrected chi connectivity index (χ0v) is 25.6. The number of ether oxygens (including phenoxy) is 2. The zero-order valence-electron chi connectivity index (χ0n) is 21.6. The molecule has 0 spiro atoms. The van der Waals surface area contributed by atoms with Crippen molar-refractivity contribution in [1.29, 1.82) is 0 Å². The van der Waals surface area contributed by atoms with Gasteiger partial charge < -0.3 is 34.3 Å². The summed E-state index contributed by atoms with van der Waals surface area (Å²) in [5.74, 6) is 0. The third kappa shape index (κ3) is 16.0. The van der Waals surface area contributed by atoms with Crippen LogP contribution in [0.25, 0.3) is 0 Å². The molecule has 0 N–H and O–H groups in total. The molecule has 7 heteroatoms. The van der Waals surface area contributed by atoms with Gasteiger partial charge in [0.2, 0.25) is 0 Å². The average Bonchev–Trinajstić information content (AvgIpc) is 3.64. The maximum Gasteiger partial charge on any atom is -1.00 e. The first-order valence-corrected chi connectivity index (χ1v) is 15.1. The largest absolute Gasteiger partial charge is 1.00 e. The molecule has 2 aliphatic heterocycles. The smallest absolute Gasteiger partial charge is 1.00 e. The van der Waals surface area contributed by atoms with Crippen molar-refractivity contribution in [1.82, 2.24) is 0 Å². The molecule has 2 aromatic rings. The number of halogens is 2. The standard InChI is InChI=1S/2C10H14N.2C4H8O.2ClH.Zr/c2*1-2-3-9-11-10-7-5-4-6-8-10;2*1-2-4-5-3-1;;;/h2*4-8H,2-3,9H2,1H3;2*1-4H2;2*1H;/q2*-1;;;;;+4/p-2. The van der Waals surface area contributed by atoms with Gasteiger partial charge in [0.15, 0.2) is 0 Å². The summed E-state index contributed by atoms with van der Waals surface area (Å²) in [6.45, 7) is 10.9. The number of hydrogen-bond donors (Lipinski definition) is 0. The minimum Gasteiger partial charge on any atom is -1.00 e. The van der Waals surface area contributed by atoms with Gasteiger partial charge in [0, 0.05) is 26.4 Å². The Labute approximate surface area is 239 Å². The van der Waals surface area contributed by atoms with E-state index in [0.29, 0.717) is 0 Å². The molecule has 4 nitrogen and oxygen atoms in total. The summed E-state index contributed by atoms with van der Waals surface area (Å²) in [5.41, 5.74) is 2.79. The van der Waals surface area contributed by atoms with Gasteiger partial charge in [-0.15, -0.1) is 0 Å². The molecule has 0 aromatic heterocycles. The summed E-state index contributed by atoms with van der Waals surface area (Å²) in [6, 6.07) is 21.9. The Morgan fingerprint density at radius 3 is 1.20 bits per heavy atom. The molecule has 0 amide bonds. The molecule has 2 heterocycles. The van der Waals surface area contributed by atoms with Gasteiger partial charge in [-0.2, -0.15) is 0 Å². The van der Waals surface area contributed by atoms with Crippen molar-refractivity contribution < 1.29 is 58.1 Å². The molecule has 2 saturated heterocycles. The number of unbranched alkanes of at least 4 members (excludes halogenated alkanes) is 2. The minimum atomic E-state index is -0.864. The maximum absolute atomic E-state index is 4.94. The zero-order chi connectivity index (χ0) is 23.4. The minimum absolute atomic E-state index is 0. The number of nitrogens with zero attached hydrogens (tertiary/aromatic N) is 2. The van der Waals surface area contributed by atoms with E-state index in [-0.39, 0.29) is 24.8 Å². The van der Waals surface area contributed by atoms with Gasteiger partial charge >= 0.3 is 154 Å². The van der Waals surface area contributed by atoms with Gasteiger partial charge in [-0.25, -0.2) is 0 Å². The fourth-order valence-corrected chi connectivity index (χ4v) is 6.77. The third-order valence-corrected chi connectivity index (χ3v) is 9.06. The fourth-order valence-electron chi connectivity index (χ4n) is 3.49. The van der Waals surface area contributed by atoms with Crippen LogP contribution in [0.1, 0.15) is 65.2 Å². The van der Waals surface area contributed by atoms with Crippen molar-refractivity contribution >= 4 is 11.4 Å². The molecule has 2 aliphatic rings. The first kappa shape index (κ1) is 34.4. The summed E-state index contributed by atoms with van der Waals surface area (Å²) in [7, 11) is 0. The number of hydrogen-bond acceptors (Lipinski definition) is 4. The predicted molar refractivity (Wildman–Crippen MR) is 137 cm³/mol. The van der Waals surface area contributed by atoms with Crippen LogP contribution in [0, 0.1) is 0 Å². The number of benzene rings is 2. The normalized spacial score (nSPS) is 13.5. The van der Waals surface area contributed by atoms with Crippen LogP contribution in [0.5, 0.6) is 0 Å². The quantitative estimate of drug-likeness (QED) is 0.407. The van der Waals surface area contributed by atoms with Gasteiger partial charge in [0.25, 0.3) is 0 Å². The molecule has 0 aliphatic carbocycles. The van der Waals surface area contributed by atoms with Crippen LogP contribution >= 0.6 is 0 Å². The van der Waals surface area contributed by atoms with E-state index in [1.807, 2.05) is 0 Å². The van der Waals surface area contributed by atoms with Crippen molar-refractivity contribution in [2.45, 2.75) is 65.2 Å². The summed E-state index contributed by atoms with van der Waals surface area (Å²) < 4.78 is 15.2. The van der Waals surface area contributed by atoms with Gasteiger partial charge in [-0.05, 0) is 25.7 Å². The van der Waals surface area contributed by atoms with E-state index in [0.717, 1.165) is 26.4 Å².